The van der Waals surface area contributed by atoms with Crippen molar-refractivity contribution in [3.05, 3.63) is 30.1 Å². The Hall–Kier alpha value is -2.31. The molecule has 0 aliphatic heterocycles. The van der Waals surface area contributed by atoms with Crippen molar-refractivity contribution in [2.24, 2.45) is 0 Å². The molecule has 2 rings (SSSR count). The zero-order valence-corrected chi connectivity index (χ0v) is 11.8. The van der Waals surface area contributed by atoms with Crippen molar-refractivity contribution >= 4 is 11.6 Å². The molecular formula is C13H20N6O. The molecule has 2 aromatic rings. The second-order valence-corrected chi connectivity index (χ2v) is 4.57. The van der Waals surface area contributed by atoms with Crippen LogP contribution in [0.4, 0.5) is 5.69 Å². The first-order valence-corrected chi connectivity index (χ1v) is 6.76. The maximum Gasteiger partial charge on any atom is 0.268 e. The largest absolute Gasteiger partial charge is 0.397 e. The lowest BCUT2D eigenvalue weighted by molar-refractivity contribution is 0.0940. The van der Waals surface area contributed by atoms with Crippen molar-refractivity contribution in [1.29, 1.82) is 0 Å². The van der Waals surface area contributed by atoms with Crippen LogP contribution in [0.5, 0.6) is 0 Å². The van der Waals surface area contributed by atoms with Gasteiger partial charge in [-0.3, -0.25) is 4.79 Å². The quantitative estimate of drug-likeness (QED) is 0.824. The van der Waals surface area contributed by atoms with Gasteiger partial charge in [0.15, 0.2) is 5.82 Å². The van der Waals surface area contributed by atoms with Gasteiger partial charge in [-0.15, -0.1) is 10.2 Å². The second kappa shape index (κ2) is 6.23. The molecule has 7 nitrogen and oxygen atoms in total. The minimum Gasteiger partial charge on any atom is -0.397 e. The van der Waals surface area contributed by atoms with Crippen LogP contribution >= 0.6 is 0 Å². The van der Waals surface area contributed by atoms with Gasteiger partial charge in [0.2, 0.25) is 0 Å². The predicted molar refractivity (Wildman–Crippen MR) is 76.0 cm³/mol. The van der Waals surface area contributed by atoms with Gasteiger partial charge < -0.3 is 20.2 Å². The third-order valence-corrected chi connectivity index (χ3v) is 3.06. The smallest absolute Gasteiger partial charge is 0.268 e. The number of nitrogens with one attached hydrogen (secondary N) is 1. The number of carbonyl (C=O) groups is 1. The van der Waals surface area contributed by atoms with Gasteiger partial charge in [0.1, 0.15) is 12.0 Å². The van der Waals surface area contributed by atoms with Gasteiger partial charge in [0.05, 0.1) is 12.2 Å². The summed E-state index contributed by atoms with van der Waals surface area (Å²) in [5, 5.41) is 10.7. The Morgan fingerprint density at radius 2 is 2.20 bits per heavy atom. The normalized spacial score (nSPS) is 10.7. The van der Waals surface area contributed by atoms with E-state index in [1.54, 1.807) is 18.6 Å². The first-order chi connectivity index (χ1) is 9.65. The van der Waals surface area contributed by atoms with Gasteiger partial charge in [-0.1, -0.05) is 6.92 Å². The summed E-state index contributed by atoms with van der Waals surface area (Å²) in [6, 6.07) is 1.69. The third kappa shape index (κ3) is 2.98. The van der Waals surface area contributed by atoms with Crippen molar-refractivity contribution < 1.29 is 4.79 Å². The molecule has 1 amide bonds. The molecular weight excluding hydrogens is 256 g/mol. The number of nitrogen functional groups attached to an aromatic ring is 1. The van der Waals surface area contributed by atoms with Gasteiger partial charge in [0.25, 0.3) is 5.91 Å². The lowest BCUT2D eigenvalue weighted by Gasteiger charge is -2.08. The Balaban J connectivity index is 2.05. The summed E-state index contributed by atoms with van der Waals surface area (Å²) in [5.74, 6) is 0.586. The van der Waals surface area contributed by atoms with E-state index in [9.17, 15) is 4.79 Å². The molecule has 0 saturated carbocycles. The summed E-state index contributed by atoms with van der Waals surface area (Å²) in [4.78, 5) is 12.2. The molecule has 3 N–H and O–H groups in total. The minimum atomic E-state index is -0.152. The number of aromatic nitrogens is 4. The first-order valence-electron chi connectivity index (χ1n) is 6.76. The van der Waals surface area contributed by atoms with Crippen molar-refractivity contribution in [3.63, 3.8) is 0 Å². The minimum absolute atomic E-state index is 0.152. The number of aryl methyl sites for hydroxylation is 2. The average molecular weight is 276 g/mol. The van der Waals surface area contributed by atoms with Gasteiger partial charge in [-0.2, -0.15) is 0 Å². The van der Waals surface area contributed by atoms with E-state index in [1.807, 2.05) is 16.1 Å². The van der Waals surface area contributed by atoms with Crippen LogP contribution in [0.15, 0.2) is 18.6 Å². The molecule has 0 radical (unpaired) electrons. The van der Waals surface area contributed by atoms with E-state index in [2.05, 4.69) is 22.4 Å². The first kappa shape index (κ1) is 14.1. The summed E-state index contributed by atoms with van der Waals surface area (Å²) >= 11 is 0. The molecule has 20 heavy (non-hydrogen) atoms. The molecule has 7 heteroatoms. The maximum absolute atomic E-state index is 12.2. The number of nitrogens with two attached hydrogens (primary N) is 1. The van der Waals surface area contributed by atoms with Crippen molar-refractivity contribution in [1.82, 2.24) is 24.6 Å². The Labute approximate surface area is 117 Å². The molecule has 0 atom stereocenters. The van der Waals surface area contributed by atoms with E-state index in [1.165, 1.54) is 0 Å². The zero-order valence-electron chi connectivity index (χ0n) is 11.8. The summed E-state index contributed by atoms with van der Waals surface area (Å²) in [6.45, 7) is 5.95. The lowest BCUT2D eigenvalue weighted by Crippen LogP contribution is -2.26. The molecule has 0 fully saturated rings. The van der Waals surface area contributed by atoms with Crippen LogP contribution in [0.25, 0.3) is 0 Å². The lowest BCUT2D eigenvalue weighted by atomic mass is 10.3. The highest BCUT2D eigenvalue weighted by atomic mass is 16.1. The van der Waals surface area contributed by atoms with E-state index in [0.717, 1.165) is 25.3 Å². The SMILES string of the molecule is CCCn1cc(N)cc1C(=O)NCc1nncn1CC. The molecule has 0 aromatic carbocycles. The van der Waals surface area contributed by atoms with Crippen LogP contribution in [0.1, 0.15) is 36.6 Å². The van der Waals surface area contributed by atoms with Crippen molar-refractivity contribution in [2.45, 2.75) is 39.9 Å². The Kier molecular flexibility index (Phi) is 4.39. The number of rotatable bonds is 6. The van der Waals surface area contributed by atoms with Crippen LogP contribution in [-0.4, -0.2) is 25.2 Å². The molecule has 0 aliphatic rings. The topological polar surface area (TPSA) is 90.8 Å². The van der Waals surface area contributed by atoms with E-state index in [4.69, 9.17) is 5.73 Å². The fourth-order valence-electron chi connectivity index (χ4n) is 2.08. The predicted octanol–water partition coefficient (Wildman–Crippen LogP) is 1.02. The van der Waals surface area contributed by atoms with Gasteiger partial charge in [-0.25, -0.2) is 0 Å². The number of hydrogen-bond acceptors (Lipinski definition) is 4. The van der Waals surface area contributed by atoms with E-state index in [-0.39, 0.29) is 5.91 Å². The molecule has 0 bridgehead atoms. The zero-order chi connectivity index (χ0) is 14.5. The number of carbonyl (C=O) groups excluding carboxylic acids is 1. The standard InChI is InChI=1S/C13H20N6O/c1-3-5-19-8-10(14)6-11(19)13(20)15-7-12-17-16-9-18(12)4-2/h6,8-9H,3-5,7,14H2,1-2H3,(H,15,20). The van der Waals surface area contributed by atoms with Crippen LogP contribution in [0.2, 0.25) is 0 Å². The molecule has 2 aromatic heterocycles. The Morgan fingerprint density at radius 1 is 1.40 bits per heavy atom. The van der Waals surface area contributed by atoms with Crippen molar-refractivity contribution in [2.75, 3.05) is 5.73 Å². The number of amides is 1. The second-order valence-electron chi connectivity index (χ2n) is 4.57. The van der Waals surface area contributed by atoms with Crippen LogP contribution < -0.4 is 11.1 Å². The van der Waals surface area contributed by atoms with Gasteiger partial charge in [0, 0.05) is 19.3 Å². The molecule has 0 aliphatic carbocycles. The molecule has 0 saturated heterocycles. The average Bonchev–Trinajstić information content (AvgIpc) is 3.02. The Bertz CT molecular complexity index is 585. The van der Waals surface area contributed by atoms with Gasteiger partial charge in [-0.05, 0) is 19.4 Å². The van der Waals surface area contributed by atoms with E-state index in [0.29, 0.717) is 17.9 Å². The summed E-state index contributed by atoms with van der Waals surface area (Å²) < 4.78 is 3.76. The molecule has 0 spiro atoms. The summed E-state index contributed by atoms with van der Waals surface area (Å²) in [6.07, 6.45) is 4.38. The molecule has 108 valence electrons. The molecule has 2 heterocycles. The third-order valence-electron chi connectivity index (χ3n) is 3.06. The fraction of sp³-hybridized carbons (Fsp3) is 0.462. The van der Waals surface area contributed by atoms with Gasteiger partial charge >= 0.3 is 0 Å². The van der Waals surface area contributed by atoms with E-state index < -0.39 is 0 Å². The monoisotopic (exact) mass is 276 g/mol. The van der Waals surface area contributed by atoms with Crippen LogP contribution in [0, 0.1) is 0 Å². The fourth-order valence-corrected chi connectivity index (χ4v) is 2.08. The Morgan fingerprint density at radius 3 is 2.90 bits per heavy atom. The maximum atomic E-state index is 12.2. The number of hydrogen-bond donors (Lipinski definition) is 2. The molecule has 0 unspecified atom stereocenters. The van der Waals surface area contributed by atoms with Crippen LogP contribution in [0.3, 0.4) is 0 Å². The highest BCUT2D eigenvalue weighted by molar-refractivity contribution is 5.93. The number of anilines is 1. The van der Waals surface area contributed by atoms with E-state index >= 15 is 0 Å². The summed E-state index contributed by atoms with van der Waals surface area (Å²) in [5.41, 5.74) is 6.93. The van der Waals surface area contributed by atoms with Crippen molar-refractivity contribution in [3.8, 4) is 0 Å². The number of nitrogens with zero attached hydrogens (tertiary/aromatic N) is 4. The summed E-state index contributed by atoms with van der Waals surface area (Å²) in [7, 11) is 0. The van der Waals surface area contributed by atoms with Crippen LogP contribution in [-0.2, 0) is 19.6 Å². The highest BCUT2D eigenvalue weighted by Gasteiger charge is 2.13. The highest BCUT2D eigenvalue weighted by Crippen LogP contribution is 2.11.